The van der Waals surface area contributed by atoms with E-state index in [0.29, 0.717) is 15.9 Å². The zero-order valence-corrected chi connectivity index (χ0v) is 16.5. The molecule has 0 radical (unpaired) electrons. The molecule has 0 saturated carbocycles. The van der Waals surface area contributed by atoms with Gasteiger partial charge >= 0.3 is 0 Å². The average Bonchev–Trinajstić information content (AvgIpc) is 3.15. The van der Waals surface area contributed by atoms with Crippen molar-refractivity contribution in [3.8, 4) is 0 Å². The molecule has 26 heavy (non-hydrogen) atoms. The Bertz CT molecular complexity index is 1120. The van der Waals surface area contributed by atoms with Gasteiger partial charge < -0.3 is 0 Å². The predicted octanol–water partition coefficient (Wildman–Crippen LogP) is 3.12. The Labute approximate surface area is 159 Å². The number of halogens is 1. The maximum absolute atomic E-state index is 13.1. The topological polar surface area (TPSA) is 79.6 Å². The van der Waals surface area contributed by atoms with Crippen molar-refractivity contribution in [3.63, 3.8) is 0 Å². The Morgan fingerprint density at radius 1 is 1.15 bits per heavy atom. The molecular formula is C17H16BrN5O2S. The summed E-state index contributed by atoms with van der Waals surface area (Å²) in [7, 11) is -3.75. The largest absolute Gasteiger partial charge is 0.291 e. The van der Waals surface area contributed by atoms with Crippen LogP contribution in [0.1, 0.15) is 13.8 Å². The molecule has 3 aromatic rings. The Kier molecular flexibility index (Phi) is 4.00. The van der Waals surface area contributed by atoms with Crippen molar-refractivity contribution in [3.05, 3.63) is 53.1 Å². The van der Waals surface area contributed by atoms with Crippen LogP contribution in [0.25, 0.3) is 11.0 Å². The lowest BCUT2D eigenvalue weighted by molar-refractivity contribution is 0.588. The van der Waals surface area contributed by atoms with Crippen LogP contribution in [0.4, 0.5) is 5.82 Å². The van der Waals surface area contributed by atoms with E-state index in [0.717, 1.165) is 11.2 Å². The molecule has 4 rings (SSSR count). The van der Waals surface area contributed by atoms with Crippen LogP contribution in [0.2, 0.25) is 0 Å². The highest BCUT2D eigenvalue weighted by Crippen LogP contribution is 2.31. The highest BCUT2D eigenvalue weighted by atomic mass is 79.9. The van der Waals surface area contributed by atoms with Crippen molar-refractivity contribution in [2.75, 3.05) is 4.90 Å². The van der Waals surface area contributed by atoms with Crippen molar-refractivity contribution in [1.82, 2.24) is 14.4 Å². The summed E-state index contributed by atoms with van der Waals surface area (Å²) >= 11 is 3.44. The molecule has 1 unspecified atom stereocenters. The molecule has 1 atom stereocenters. The SMILES string of the molecule is CC1=NNC(C)N1c1ccc2c(Br)cn(S(=O)(=O)c3ccccc3)c2n1. The van der Waals surface area contributed by atoms with Crippen molar-refractivity contribution >= 4 is 48.6 Å². The van der Waals surface area contributed by atoms with E-state index in [1.165, 1.54) is 10.2 Å². The van der Waals surface area contributed by atoms with E-state index in [1.807, 2.05) is 30.9 Å². The molecule has 1 aliphatic heterocycles. The average molecular weight is 434 g/mol. The van der Waals surface area contributed by atoms with Gasteiger partial charge in [0.15, 0.2) is 5.65 Å². The monoisotopic (exact) mass is 433 g/mol. The number of nitrogens with zero attached hydrogens (tertiary/aromatic N) is 4. The van der Waals surface area contributed by atoms with E-state index >= 15 is 0 Å². The minimum absolute atomic E-state index is 0.0578. The summed E-state index contributed by atoms with van der Waals surface area (Å²) in [5.41, 5.74) is 3.35. The third-order valence-corrected chi connectivity index (χ3v) is 6.55. The maximum atomic E-state index is 13.1. The molecule has 0 aliphatic carbocycles. The van der Waals surface area contributed by atoms with Crippen LogP contribution in [0.3, 0.4) is 0 Å². The number of fused-ring (bicyclic) bond motifs is 1. The number of anilines is 1. The van der Waals surface area contributed by atoms with Gasteiger partial charge in [-0.3, -0.25) is 10.3 Å². The van der Waals surface area contributed by atoms with Gasteiger partial charge in [-0.25, -0.2) is 17.4 Å². The summed E-state index contributed by atoms with van der Waals surface area (Å²) in [6, 6.07) is 12.0. The van der Waals surface area contributed by atoms with Crippen molar-refractivity contribution in [1.29, 1.82) is 0 Å². The first kappa shape index (κ1) is 17.0. The highest BCUT2D eigenvalue weighted by molar-refractivity contribution is 9.10. The molecule has 9 heteroatoms. The second-order valence-corrected chi connectivity index (χ2v) is 8.63. The van der Waals surface area contributed by atoms with Crippen LogP contribution in [0.15, 0.2) is 63.1 Å². The lowest BCUT2D eigenvalue weighted by Crippen LogP contribution is -2.37. The number of hydrogen-bond donors (Lipinski definition) is 1. The number of rotatable bonds is 3. The summed E-state index contributed by atoms with van der Waals surface area (Å²) in [6.45, 7) is 3.83. The number of nitrogens with one attached hydrogen (secondary N) is 1. The number of aromatic nitrogens is 2. The molecular weight excluding hydrogens is 418 g/mol. The van der Waals surface area contributed by atoms with E-state index in [-0.39, 0.29) is 11.1 Å². The highest BCUT2D eigenvalue weighted by Gasteiger charge is 2.26. The summed E-state index contributed by atoms with van der Waals surface area (Å²) in [5.74, 6) is 1.40. The third kappa shape index (κ3) is 2.58. The second-order valence-electron chi connectivity index (χ2n) is 5.97. The number of benzene rings is 1. The van der Waals surface area contributed by atoms with Gasteiger partial charge in [0.05, 0.1) is 4.90 Å². The van der Waals surface area contributed by atoms with Crippen LogP contribution in [-0.4, -0.2) is 29.4 Å². The van der Waals surface area contributed by atoms with Crippen molar-refractivity contribution in [2.24, 2.45) is 5.10 Å². The van der Waals surface area contributed by atoms with Crippen LogP contribution in [0.5, 0.6) is 0 Å². The molecule has 0 amide bonds. The zero-order chi connectivity index (χ0) is 18.5. The molecule has 1 aliphatic rings. The zero-order valence-electron chi connectivity index (χ0n) is 14.1. The molecule has 3 heterocycles. The predicted molar refractivity (Wildman–Crippen MR) is 105 cm³/mol. The Balaban J connectivity index is 1.92. The summed E-state index contributed by atoms with van der Waals surface area (Å²) in [4.78, 5) is 6.76. The fourth-order valence-corrected chi connectivity index (χ4v) is 4.98. The van der Waals surface area contributed by atoms with Crippen LogP contribution < -0.4 is 10.3 Å². The van der Waals surface area contributed by atoms with Gasteiger partial charge in [0.2, 0.25) is 0 Å². The van der Waals surface area contributed by atoms with Gasteiger partial charge in [-0.1, -0.05) is 18.2 Å². The summed E-state index contributed by atoms with van der Waals surface area (Å²) in [5, 5.41) is 4.92. The minimum Gasteiger partial charge on any atom is -0.291 e. The Morgan fingerprint density at radius 3 is 2.54 bits per heavy atom. The van der Waals surface area contributed by atoms with Crippen LogP contribution >= 0.6 is 15.9 Å². The number of pyridine rings is 1. The van der Waals surface area contributed by atoms with Gasteiger partial charge in [0.25, 0.3) is 10.0 Å². The first-order valence-corrected chi connectivity index (χ1v) is 10.2. The summed E-state index contributed by atoms with van der Waals surface area (Å²) in [6.07, 6.45) is 1.48. The number of amidine groups is 1. The molecule has 7 nitrogen and oxygen atoms in total. The standard InChI is InChI=1S/C17H16BrN5O2S/c1-11-20-21-12(2)23(11)16-9-8-14-15(18)10-22(17(14)19-16)26(24,25)13-6-4-3-5-7-13/h3-11,20H,1-2H3. The van der Waals surface area contributed by atoms with Gasteiger partial charge in [0.1, 0.15) is 17.8 Å². The molecule has 0 bridgehead atoms. The van der Waals surface area contributed by atoms with E-state index in [9.17, 15) is 8.42 Å². The summed E-state index contributed by atoms with van der Waals surface area (Å²) < 4.78 is 28.0. The van der Waals surface area contributed by atoms with Crippen molar-refractivity contribution in [2.45, 2.75) is 24.9 Å². The first-order valence-electron chi connectivity index (χ1n) is 7.97. The lowest BCUT2D eigenvalue weighted by atomic mass is 10.3. The smallest absolute Gasteiger partial charge is 0.269 e. The molecule has 2 aromatic heterocycles. The third-order valence-electron chi connectivity index (χ3n) is 4.25. The van der Waals surface area contributed by atoms with Gasteiger partial charge in [-0.05, 0) is 54.0 Å². The normalized spacial score (nSPS) is 17.4. The number of hydrazone groups is 1. The van der Waals surface area contributed by atoms with Gasteiger partial charge in [-0.2, -0.15) is 5.10 Å². The quantitative estimate of drug-likeness (QED) is 0.686. The van der Waals surface area contributed by atoms with E-state index < -0.39 is 10.0 Å². The fourth-order valence-electron chi connectivity index (χ4n) is 2.99. The molecule has 134 valence electrons. The molecule has 0 spiro atoms. The molecule has 0 saturated heterocycles. The molecule has 1 N–H and O–H groups in total. The Hall–Kier alpha value is -2.39. The van der Waals surface area contributed by atoms with Gasteiger partial charge in [-0.15, -0.1) is 0 Å². The van der Waals surface area contributed by atoms with E-state index in [1.54, 1.807) is 30.3 Å². The minimum atomic E-state index is -3.75. The van der Waals surface area contributed by atoms with Crippen molar-refractivity contribution < 1.29 is 8.42 Å². The number of hydrogen-bond acceptors (Lipinski definition) is 6. The first-order chi connectivity index (χ1) is 12.4. The van der Waals surface area contributed by atoms with Crippen LogP contribution in [0, 0.1) is 0 Å². The maximum Gasteiger partial charge on any atom is 0.269 e. The Morgan fingerprint density at radius 2 is 1.88 bits per heavy atom. The van der Waals surface area contributed by atoms with E-state index in [2.05, 4.69) is 31.4 Å². The lowest BCUT2D eigenvalue weighted by Gasteiger charge is -2.22. The van der Waals surface area contributed by atoms with Gasteiger partial charge in [0, 0.05) is 16.1 Å². The fraction of sp³-hybridized carbons (Fsp3) is 0.176. The molecule has 1 aromatic carbocycles. The second kappa shape index (κ2) is 6.10. The molecule has 0 fully saturated rings. The van der Waals surface area contributed by atoms with Crippen LogP contribution in [-0.2, 0) is 10.0 Å². The van der Waals surface area contributed by atoms with E-state index in [4.69, 9.17) is 0 Å².